The molecule has 0 unspecified atom stereocenters. The Labute approximate surface area is 65.2 Å². The minimum atomic E-state index is 0.279. The first kappa shape index (κ1) is 9.96. The summed E-state index contributed by atoms with van der Waals surface area (Å²) in [7, 11) is 0. The molecule has 0 atom stereocenters. The maximum Gasteiger partial charge on any atom is 0.00965 e. The normalized spacial score (nSPS) is 12.0. The van der Waals surface area contributed by atoms with Gasteiger partial charge in [-0.25, -0.2) is 0 Å². The van der Waals surface area contributed by atoms with Gasteiger partial charge in [0, 0.05) is 5.54 Å². The first-order valence-electron chi connectivity index (χ1n) is 4.10. The van der Waals surface area contributed by atoms with Gasteiger partial charge in [-0.3, -0.25) is 0 Å². The van der Waals surface area contributed by atoms with Crippen LogP contribution in [0.1, 0.15) is 40.0 Å². The van der Waals surface area contributed by atoms with E-state index < -0.39 is 0 Å². The van der Waals surface area contributed by atoms with Crippen LogP contribution in [0.2, 0.25) is 0 Å². The SMILES string of the molecule is [CH2]CCCCNC(C)(C)C. The zero-order chi connectivity index (χ0) is 8.04. The van der Waals surface area contributed by atoms with Gasteiger partial charge in [-0.15, -0.1) is 0 Å². The van der Waals surface area contributed by atoms with Crippen LogP contribution in [0.25, 0.3) is 0 Å². The van der Waals surface area contributed by atoms with Gasteiger partial charge in [0.1, 0.15) is 0 Å². The Balaban J connectivity index is 3.04. The second-order valence-corrected chi connectivity index (χ2v) is 3.74. The molecule has 0 spiro atoms. The molecule has 61 valence electrons. The number of hydrogen-bond acceptors (Lipinski definition) is 1. The van der Waals surface area contributed by atoms with Crippen LogP contribution in [0.15, 0.2) is 0 Å². The second-order valence-electron chi connectivity index (χ2n) is 3.74. The number of rotatable bonds is 4. The predicted octanol–water partition coefficient (Wildman–Crippen LogP) is 2.38. The Morgan fingerprint density at radius 3 is 2.20 bits per heavy atom. The monoisotopic (exact) mass is 142 g/mol. The summed E-state index contributed by atoms with van der Waals surface area (Å²) in [5, 5.41) is 3.43. The highest BCUT2D eigenvalue weighted by Gasteiger charge is 2.06. The zero-order valence-electron chi connectivity index (χ0n) is 7.54. The first-order chi connectivity index (χ1) is 4.56. The predicted molar refractivity (Wildman–Crippen MR) is 47.0 cm³/mol. The number of unbranched alkanes of at least 4 members (excludes halogenated alkanes) is 2. The molecule has 0 saturated heterocycles. The van der Waals surface area contributed by atoms with Crippen LogP contribution in [0, 0.1) is 6.92 Å². The average Bonchev–Trinajstić information content (AvgIpc) is 1.78. The summed E-state index contributed by atoms with van der Waals surface area (Å²) in [6.07, 6.45) is 3.55. The van der Waals surface area contributed by atoms with Crippen molar-refractivity contribution in [2.45, 2.75) is 45.6 Å². The summed E-state index contributed by atoms with van der Waals surface area (Å²) >= 11 is 0. The van der Waals surface area contributed by atoms with Crippen molar-refractivity contribution in [2.75, 3.05) is 6.54 Å². The number of hydrogen-bond donors (Lipinski definition) is 1. The highest BCUT2D eigenvalue weighted by molar-refractivity contribution is 4.69. The average molecular weight is 142 g/mol. The van der Waals surface area contributed by atoms with Gasteiger partial charge in [-0.05, 0) is 33.7 Å². The van der Waals surface area contributed by atoms with Crippen LogP contribution in [-0.4, -0.2) is 12.1 Å². The van der Waals surface area contributed by atoms with Crippen LogP contribution in [-0.2, 0) is 0 Å². The molecule has 10 heavy (non-hydrogen) atoms. The van der Waals surface area contributed by atoms with Gasteiger partial charge < -0.3 is 5.32 Å². The number of nitrogens with one attached hydrogen (secondary N) is 1. The van der Waals surface area contributed by atoms with Crippen LogP contribution >= 0.6 is 0 Å². The quantitative estimate of drug-likeness (QED) is 0.594. The lowest BCUT2D eigenvalue weighted by Crippen LogP contribution is -2.36. The molecule has 0 aliphatic heterocycles. The maximum absolute atomic E-state index is 3.79. The molecular formula is C9H20N. The Morgan fingerprint density at radius 1 is 1.20 bits per heavy atom. The summed E-state index contributed by atoms with van der Waals surface area (Å²) < 4.78 is 0. The molecule has 1 N–H and O–H groups in total. The van der Waals surface area contributed by atoms with Gasteiger partial charge in [0.25, 0.3) is 0 Å². The standard InChI is InChI=1S/C9H20N/c1-5-6-7-8-10-9(2,3)4/h10H,1,5-8H2,2-4H3. The molecule has 1 radical (unpaired) electrons. The minimum Gasteiger partial charge on any atom is -0.312 e. The highest BCUT2D eigenvalue weighted by atomic mass is 14.9. The van der Waals surface area contributed by atoms with E-state index in [0.717, 1.165) is 13.0 Å². The molecule has 0 bridgehead atoms. The molecule has 0 rings (SSSR count). The first-order valence-corrected chi connectivity index (χ1v) is 4.10. The molecular weight excluding hydrogens is 122 g/mol. The van der Waals surface area contributed by atoms with Gasteiger partial charge in [0.2, 0.25) is 0 Å². The highest BCUT2D eigenvalue weighted by Crippen LogP contribution is 1.99. The molecule has 0 heterocycles. The van der Waals surface area contributed by atoms with E-state index >= 15 is 0 Å². The molecule has 0 aromatic heterocycles. The molecule has 1 heteroatoms. The summed E-state index contributed by atoms with van der Waals surface area (Å²) in [5.41, 5.74) is 0.279. The van der Waals surface area contributed by atoms with Crippen molar-refractivity contribution in [3.8, 4) is 0 Å². The van der Waals surface area contributed by atoms with Gasteiger partial charge in [0.15, 0.2) is 0 Å². The molecule has 0 aromatic rings. The van der Waals surface area contributed by atoms with Gasteiger partial charge in [-0.1, -0.05) is 19.8 Å². The Morgan fingerprint density at radius 2 is 1.80 bits per heavy atom. The van der Waals surface area contributed by atoms with E-state index in [0.29, 0.717) is 0 Å². The van der Waals surface area contributed by atoms with Crippen molar-refractivity contribution < 1.29 is 0 Å². The van der Waals surface area contributed by atoms with E-state index in [-0.39, 0.29) is 5.54 Å². The fourth-order valence-corrected chi connectivity index (χ4v) is 0.765. The largest absolute Gasteiger partial charge is 0.312 e. The fourth-order valence-electron chi connectivity index (χ4n) is 0.765. The fraction of sp³-hybridized carbons (Fsp3) is 0.889. The topological polar surface area (TPSA) is 12.0 Å². The third-order valence-corrected chi connectivity index (χ3v) is 1.33. The van der Waals surface area contributed by atoms with Crippen molar-refractivity contribution in [1.29, 1.82) is 0 Å². The Hall–Kier alpha value is -0.0400. The van der Waals surface area contributed by atoms with E-state index in [1.54, 1.807) is 0 Å². The molecule has 1 nitrogen and oxygen atoms in total. The third kappa shape index (κ3) is 7.96. The maximum atomic E-state index is 3.79. The minimum absolute atomic E-state index is 0.279. The van der Waals surface area contributed by atoms with E-state index in [2.05, 4.69) is 33.0 Å². The van der Waals surface area contributed by atoms with Crippen molar-refractivity contribution in [3.63, 3.8) is 0 Å². The van der Waals surface area contributed by atoms with Crippen molar-refractivity contribution in [1.82, 2.24) is 5.32 Å². The zero-order valence-corrected chi connectivity index (χ0v) is 7.54. The van der Waals surface area contributed by atoms with Gasteiger partial charge in [0.05, 0.1) is 0 Å². The lowest BCUT2D eigenvalue weighted by molar-refractivity contribution is 0.419. The summed E-state index contributed by atoms with van der Waals surface area (Å²) in [6, 6.07) is 0. The van der Waals surface area contributed by atoms with E-state index in [1.807, 2.05) is 0 Å². The summed E-state index contributed by atoms with van der Waals surface area (Å²) in [5.74, 6) is 0. The van der Waals surface area contributed by atoms with Crippen LogP contribution < -0.4 is 5.32 Å². The van der Waals surface area contributed by atoms with Crippen LogP contribution in [0.5, 0.6) is 0 Å². The second kappa shape index (κ2) is 4.73. The molecule has 0 amide bonds. The van der Waals surface area contributed by atoms with Crippen LogP contribution in [0.3, 0.4) is 0 Å². The lowest BCUT2D eigenvalue weighted by Gasteiger charge is -2.20. The van der Waals surface area contributed by atoms with Gasteiger partial charge in [-0.2, -0.15) is 0 Å². The molecule has 0 aliphatic carbocycles. The third-order valence-electron chi connectivity index (χ3n) is 1.33. The smallest absolute Gasteiger partial charge is 0.00965 e. The molecule has 0 aliphatic rings. The van der Waals surface area contributed by atoms with Crippen molar-refractivity contribution >= 4 is 0 Å². The van der Waals surface area contributed by atoms with Gasteiger partial charge >= 0.3 is 0 Å². The summed E-state index contributed by atoms with van der Waals surface area (Å²) in [6.45, 7) is 11.5. The van der Waals surface area contributed by atoms with E-state index in [4.69, 9.17) is 0 Å². The summed E-state index contributed by atoms with van der Waals surface area (Å²) in [4.78, 5) is 0. The van der Waals surface area contributed by atoms with E-state index in [1.165, 1.54) is 12.8 Å². The van der Waals surface area contributed by atoms with Crippen molar-refractivity contribution in [3.05, 3.63) is 6.92 Å². The molecule has 0 aromatic carbocycles. The lowest BCUT2D eigenvalue weighted by atomic mass is 10.1. The Bertz CT molecular complexity index is 71.3. The molecule has 0 fully saturated rings. The molecule has 0 saturated carbocycles. The van der Waals surface area contributed by atoms with E-state index in [9.17, 15) is 0 Å². The van der Waals surface area contributed by atoms with Crippen molar-refractivity contribution in [2.24, 2.45) is 0 Å². The Kier molecular flexibility index (Phi) is 4.71. The van der Waals surface area contributed by atoms with Crippen LogP contribution in [0.4, 0.5) is 0 Å².